The van der Waals surface area contributed by atoms with Crippen molar-refractivity contribution < 1.29 is 4.52 Å². The fourth-order valence-corrected chi connectivity index (χ4v) is 1.92. The Balaban J connectivity index is 2.23. The lowest BCUT2D eigenvalue weighted by molar-refractivity contribution is 0.325. The fourth-order valence-electron chi connectivity index (χ4n) is 1.51. The molecule has 1 aromatic carbocycles. The maximum absolute atomic E-state index is 5.98. The van der Waals surface area contributed by atoms with E-state index >= 15 is 0 Å². The van der Waals surface area contributed by atoms with Gasteiger partial charge in [0.05, 0.1) is 6.04 Å². The minimum atomic E-state index is -0.211. The first-order chi connectivity index (χ1) is 8.61. The standard InChI is InChI=1S/C13H17N3OS/c1-8(2)11(14)13-15-12(16-17-13)9-4-6-10(18-3)7-5-9/h4-8,11H,14H2,1-3H3. The van der Waals surface area contributed by atoms with Crippen molar-refractivity contribution in [2.75, 3.05) is 6.26 Å². The van der Waals surface area contributed by atoms with E-state index in [9.17, 15) is 0 Å². The molecule has 2 N–H and O–H groups in total. The van der Waals surface area contributed by atoms with Gasteiger partial charge in [-0.1, -0.05) is 19.0 Å². The smallest absolute Gasteiger partial charge is 0.244 e. The molecule has 2 rings (SSSR count). The normalized spacial score (nSPS) is 12.9. The Bertz CT molecular complexity index is 507. The molecule has 1 aromatic heterocycles. The van der Waals surface area contributed by atoms with Gasteiger partial charge in [0, 0.05) is 10.5 Å². The van der Waals surface area contributed by atoms with Crippen LogP contribution in [0.2, 0.25) is 0 Å². The molecule has 0 fully saturated rings. The molecular formula is C13H17N3OS. The van der Waals surface area contributed by atoms with E-state index in [0.717, 1.165) is 5.56 Å². The van der Waals surface area contributed by atoms with Gasteiger partial charge in [0.25, 0.3) is 0 Å². The molecule has 0 saturated heterocycles. The van der Waals surface area contributed by atoms with E-state index in [4.69, 9.17) is 10.3 Å². The summed E-state index contributed by atoms with van der Waals surface area (Å²) in [7, 11) is 0. The summed E-state index contributed by atoms with van der Waals surface area (Å²) >= 11 is 1.70. The number of nitrogens with zero attached hydrogens (tertiary/aromatic N) is 2. The number of aromatic nitrogens is 2. The predicted molar refractivity (Wildman–Crippen MR) is 73.3 cm³/mol. The molecule has 4 nitrogen and oxygen atoms in total. The van der Waals surface area contributed by atoms with Gasteiger partial charge in [0.2, 0.25) is 11.7 Å². The fraction of sp³-hybridized carbons (Fsp3) is 0.385. The first-order valence-electron chi connectivity index (χ1n) is 5.85. The van der Waals surface area contributed by atoms with E-state index in [0.29, 0.717) is 11.7 Å². The van der Waals surface area contributed by atoms with E-state index < -0.39 is 0 Å². The number of thioether (sulfide) groups is 1. The third-order valence-electron chi connectivity index (χ3n) is 2.79. The van der Waals surface area contributed by atoms with Crippen LogP contribution in [0.3, 0.4) is 0 Å². The molecule has 0 bridgehead atoms. The molecule has 0 aliphatic rings. The maximum Gasteiger partial charge on any atom is 0.244 e. The maximum atomic E-state index is 5.98. The van der Waals surface area contributed by atoms with Gasteiger partial charge in [0.1, 0.15) is 0 Å². The molecule has 5 heteroatoms. The number of hydrogen-bond acceptors (Lipinski definition) is 5. The van der Waals surface area contributed by atoms with Crippen molar-refractivity contribution in [1.29, 1.82) is 0 Å². The van der Waals surface area contributed by atoms with Crippen LogP contribution in [0.5, 0.6) is 0 Å². The average Bonchev–Trinajstić information content (AvgIpc) is 2.87. The molecule has 0 spiro atoms. The molecule has 0 radical (unpaired) electrons. The van der Waals surface area contributed by atoms with Crippen molar-refractivity contribution in [3.8, 4) is 11.4 Å². The van der Waals surface area contributed by atoms with Gasteiger partial charge in [-0.3, -0.25) is 0 Å². The van der Waals surface area contributed by atoms with Crippen LogP contribution in [-0.2, 0) is 0 Å². The van der Waals surface area contributed by atoms with E-state index in [1.54, 1.807) is 11.8 Å². The van der Waals surface area contributed by atoms with Crippen LogP contribution in [0.25, 0.3) is 11.4 Å². The molecule has 0 aliphatic heterocycles. The molecular weight excluding hydrogens is 246 g/mol. The van der Waals surface area contributed by atoms with Gasteiger partial charge in [-0.15, -0.1) is 11.8 Å². The molecule has 18 heavy (non-hydrogen) atoms. The predicted octanol–water partition coefficient (Wildman–Crippen LogP) is 3.11. The highest BCUT2D eigenvalue weighted by molar-refractivity contribution is 7.98. The largest absolute Gasteiger partial charge is 0.337 e. The Hall–Kier alpha value is -1.33. The minimum absolute atomic E-state index is 0.211. The third-order valence-corrected chi connectivity index (χ3v) is 3.54. The van der Waals surface area contributed by atoms with E-state index in [2.05, 4.69) is 10.1 Å². The lowest BCUT2D eigenvalue weighted by Gasteiger charge is -2.09. The van der Waals surface area contributed by atoms with Gasteiger partial charge in [0.15, 0.2) is 0 Å². The zero-order valence-corrected chi connectivity index (χ0v) is 11.6. The van der Waals surface area contributed by atoms with Crippen LogP contribution in [0.1, 0.15) is 25.8 Å². The quantitative estimate of drug-likeness (QED) is 0.859. The zero-order chi connectivity index (χ0) is 13.1. The van der Waals surface area contributed by atoms with Crippen LogP contribution in [0.4, 0.5) is 0 Å². The first kappa shape index (κ1) is 13.1. The number of rotatable bonds is 4. The summed E-state index contributed by atoms with van der Waals surface area (Å²) in [5.41, 5.74) is 6.92. The number of hydrogen-bond donors (Lipinski definition) is 1. The summed E-state index contributed by atoms with van der Waals surface area (Å²) in [6.45, 7) is 4.06. The minimum Gasteiger partial charge on any atom is -0.337 e. The van der Waals surface area contributed by atoms with Gasteiger partial charge in [-0.25, -0.2) is 0 Å². The summed E-state index contributed by atoms with van der Waals surface area (Å²) in [5, 5.41) is 3.97. The first-order valence-corrected chi connectivity index (χ1v) is 7.08. The second-order valence-electron chi connectivity index (χ2n) is 4.45. The van der Waals surface area contributed by atoms with Crippen LogP contribution in [-0.4, -0.2) is 16.4 Å². The summed E-state index contributed by atoms with van der Waals surface area (Å²) in [6.07, 6.45) is 2.04. The Kier molecular flexibility index (Phi) is 4.04. The molecule has 0 aliphatic carbocycles. The average molecular weight is 263 g/mol. The summed E-state index contributed by atoms with van der Waals surface area (Å²) in [6, 6.07) is 7.84. The summed E-state index contributed by atoms with van der Waals surface area (Å²) in [5.74, 6) is 1.36. The third kappa shape index (κ3) is 2.73. The van der Waals surface area contributed by atoms with E-state index in [1.807, 2.05) is 44.4 Å². The summed E-state index contributed by atoms with van der Waals surface area (Å²) in [4.78, 5) is 5.56. The summed E-state index contributed by atoms with van der Waals surface area (Å²) < 4.78 is 5.21. The Morgan fingerprint density at radius 1 is 1.22 bits per heavy atom. The monoisotopic (exact) mass is 263 g/mol. The topological polar surface area (TPSA) is 64.9 Å². The molecule has 96 valence electrons. The molecule has 1 heterocycles. The molecule has 0 amide bonds. The second-order valence-corrected chi connectivity index (χ2v) is 5.33. The van der Waals surface area contributed by atoms with Crippen molar-refractivity contribution in [3.05, 3.63) is 30.2 Å². The zero-order valence-electron chi connectivity index (χ0n) is 10.8. The highest BCUT2D eigenvalue weighted by Crippen LogP contribution is 2.23. The second kappa shape index (κ2) is 5.54. The van der Waals surface area contributed by atoms with Crippen molar-refractivity contribution in [2.24, 2.45) is 11.7 Å². The van der Waals surface area contributed by atoms with E-state index in [1.165, 1.54) is 4.90 Å². The van der Waals surface area contributed by atoms with Crippen LogP contribution in [0, 0.1) is 5.92 Å². The van der Waals surface area contributed by atoms with Gasteiger partial charge < -0.3 is 10.3 Å². The van der Waals surface area contributed by atoms with Crippen molar-refractivity contribution in [1.82, 2.24) is 10.1 Å². The Morgan fingerprint density at radius 2 is 1.89 bits per heavy atom. The van der Waals surface area contributed by atoms with E-state index in [-0.39, 0.29) is 12.0 Å². The van der Waals surface area contributed by atoms with Gasteiger partial charge in [-0.05, 0) is 36.4 Å². The van der Waals surface area contributed by atoms with Crippen LogP contribution >= 0.6 is 11.8 Å². The van der Waals surface area contributed by atoms with Crippen molar-refractivity contribution in [2.45, 2.75) is 24.8 Å². The van der Waals surface area contributed by atoms with Crippen LogP contribution in [0.15, 0.2) is 33.7 Å². The Labute approximate surface area is 111 Å². The molecule has 1 unspecified atom stereocenters. The lowest BCUT2D eigenvalue weighted by atomic mass is 10.1. The molecule has 2 aromatic rings. The molecule has 0 saturated carbocycles. The van der Waals surface area contributed by atoms with Crippen molar-refractivity contribution >= 4 is 11.8 Å². The molecule has 1 atom stereocenters. The lowest BCUT2D eigenvalue weighted by Crippen LogP contribution is -2.16. The highest BCUT2D eigenvalue weighted by atomic mass is 32.2. The SMILES string of the molecule is CSc1ccc(-c2noc(C(N)C(C)C)n2)cc1. The van der Waals surface area contributed by atoms with Crippen molar-refractivity contribution in [3.63, 3.8) is 0 Å². The highest BCUT2D eigenvalue weighted by Gasteiger charge is 2.18. The van der Waals surface area contributed by atoms with Gasteiger partial charge in [-0.2, -0.15) is 4.98 Å². The number of nitrogens with two attached hydrogens (primary N) is 1. The van der Waals surface area contributed by atoms with Crippen LogP contribution < -0.4 is 5.73 Å². The Morgan fingerprint density at radius 3 is 2.44 bits per heavy atom. The number of benzene rings is 1. The van der Waals surface area contributed by atoms with Gasteiger partial charge >= 0.3 is 0 Å².